The molecule has 0 amide bonds. The smallest absolute Gasteiger partial charge is 0.125 e. The highest BCUT2D eigenvalue weighted by atomic mass is 35.5. The van der Waals surface area contributed by atoms with E-state index in [9.17, 15) is 5.11 Å². The molecule has 0 aliphatic rings. The Balaban J connectivity index is 3.26. The standard InChI is InChI=1S/C11H17ClN2O2/c1-7-4-10(16-3)8(5-9(7)12)11(2,15)6-14-13/h4-5,14-15H,6,13H2,1-3H3. The zero-order valence-corrected chi connectivity index (χ0v) is 10.4. The highest BCUT2D eigenvalue weighted by molar-refractivity contribution is 6.31. The summed E-state index contributed by atoms with van der Waals surface area (Å²) in [7, 11) is 1.55. The van der Waals surface area contributed by atoms with Crippen LogP contribution in [0.2, 0.25) is 5.02 Å². The van der Waals surface area contributed by atoms with E-state index in [1.807, 2.05) is 6.92 Å². The lowest BCUT2D eigenvalue weighted by molar-refractivity contribution is 0.0546. The molecule has 1 aromatic rings. The number of benzene rings is 1. The summed E-state index contributed by atoms with van der Waals surface area (Å²) < 4.78 is 5.23. The van der Waals surface area contributed by atoms with E-state index in [2.05, 4.69) is 5.43 Å². The Morgan fingerprint density at radius 2 is 2.19 bits per heavy atom. The Bertz CT molecular complexity index is 380. The SMILES string of the molecule is COc1cc(C)c(Cl)cc1C(C)(O)CNN. The van der Waals surface area contributed by atoms with Gasteiger partial charge in [0.05, 0.1) is 7.11 Å². The number of aryl methyl sites for hydroxylation is 1. The van der Waals surface area contributed by atoms with Crippen molar-refractivity contribution in [1.29, 1.82) is 0 Å². The van der Waals surface area contributed by atoms with Crippen molar-refractivity contribution in [1.82, 2.24) is 5.43 Å². The zero-order chi connectivity index (χ0) is 12.3. The fraction of sp³-hybridized carbons (Fsp3) is 0.455. The highest BCUT2D eigenvalue weighted by Crippen LogP contribution is 2.33. The molecule has 1 rings (SSSR count). The lowest BCUT2D eigenvalue weighted by Crippen LogP contribution is -2.39. The van der Waals surface area contributed by atoms with Crippen molar-refractivity contribution in [2.75, 3.05) is 13.7 Å². The molecule has 0 aliphatic carbocycles. The molecule has 0 aliphatic heterocycles. The van der Waals surface area contributed by atoms with Gasteiger partial charge < -0.3 is 9.84 Å². The molecule has 5 heteroatoms. The third-order valence-electron chi connectivity index (χ3n) is 2.51. The van der Waals surface area contributed by atoms with Crippen LogP contribution in [0, 0.1) is 6.92 Å². The Kier molecular flexibility index (Phi) is 4.15. The van der Waals surface area contributed by atoms with E-state index in [1.54, 1.807) is 26.2 Å². The van der Waals surface area contributed by atoms with Gasteiger partial charge in [0.1, 0.15) is 11.4 Å². The van der Waals surface area contributed by atoms with Crippen LogP contribution >= 0.6 is 11.6 Å². The molecule has 0 spiro atoms. The number of hydrogen-bond donors (Lipinski definition) is 3. The quantitative estimate of drug-likeness (QED) is 0.552. The number of ether oxygens (including phenoxy) is 1. The molecular weight excluding hydrogens is 228 g/mol. The highest BCUT2D eigenvalue weighted by Gasteiger charge is 2.27. The van der Waals surface area contributed by atoms with Crippen LogP contribution in [-0.4, -0.2) is 18.8 Å². The molecule has 0 heterocycles. The minimum Gasteiger partial charge on any atom is -0.496 e. The van der Waals surface area contributed by atoms with Gasteiger partial charge in [-0.05, 0) is 31.5 Å². The number of nitrogens with two attached hydrogens (primary N) is 1. The van der Waals surface area contributed by atoms with E-state index in [-0.39, 0.29) is 6.54 Å². The molecule has 1 unspecified atom stereocenters. The molecule has 0 fully saturated rings. The molecular formula is C11H17ClN2O2. The van der Waals surface area contributed by atoms with Crippen molar-refractivity contribution in [2.45, 2.75) is 19.4 Å². The molecule has 16 heavy (non-hydrogen) atoms. The van der Waals surface area contributed by atoms with Crippen molar-refractivity contribution < 1.29 is 9.84 Å². The van der Waals surface area contributed by atoms with E-state index in [0.717, 1.165) is 5.56 Å². The summed E-state index contributed by atoms with van der Waals surface area (Å²) in [5.41, 5.74) is 2.83. The fourth-order valence-electron chi connectivity index (χ4n) is 1.54. The van der Waals surface area contributed by atoms with Gasteiger partial charge >= 0.3 is 0 Å². The Hall–Kier alpha value is -0.810. The van der Waals surface area contributed by atoms with Gasteiger partial charge in [-0.25, -0.2) is 0 Å². The molecule has 0 aromatic heterocycles. The largest absolute Gasteiger partial charge is 0.496 e. The third kappa shape index (κ3) is 2.65. The van der Waals surface area contributed by atoms with Gasteiger partial charge in [-0.1, -0.05) is 11.6 Å². The summed E-state index contributed by atoms with van der Waals surface area (Å²) in [6.07, 6.45) is 0. The van der Waals surface area contributed by atoms with E-state index in [0.29, 0.717) is 16.3 Å². The van der Waals surface area contributed by atoms with Gasteiger partial charge in [0.2, 0.25) is 0 Å². The molecule has 4 nitrogen and oxygen atoms in total. The lowest BCUT2D eigenvalue weighted by Gasteiger charge is -2.26. The number of hydrazine groups is 1. The van der Waals surface area contributed by atoms with Crippen LogP contribution in [-0.2, 0) is 5.60 Å². The van der Waals surface area contributed by atoms with Crippen LogP contribution in [0.1, 0.15) is 18.1 Å². The van der Waals surface area contributed by atoms with Crippen LogP contribution < -0.4 is 16.0 Å². The maximum atomic E-state index is 10.2. The molecule has 90 valence electrons. The van der Waals surface area contributed by atoms with Crippen molar-refractivity contribution in [3.63, 3.8) is 0 Å². The molecule has 0 bridgehead atoms. The predicted octanol–water partition coefficient (Wildman–Crippen LogP) is 1.33. The minimum absolute atomic E-state index is 0.211. The van der Waals surface area contributed by atoms with Crippen LogP contribution in [0.3, 0.4) is 0 Å². The molecule has 0 radical (unpaired) electrons. The molecule has 4 N–H and O–H groups in total. The van der Waals surface area contributed by atoms with Gasteiger partial charge in [-0.15, -0.1) is 0 Å². The first-order chi connectivity index (χ1) is 7.42. The van der Waals surface area contributed by atoms with Crippen LogP contribution in [0.5, 0.6) is 5.75 Å². The van der Waals surface area contributed by atoms with E-state index in [4.69, 9.17) is 22.2 Å². The minimum atomic E-state index is -1.13. The Morgan fingerprint density at radius 3 is 2.69 bits per heavy atom. The summed E-state index contributed by atoms with van der Waals surface area (Å²) in [6.45, 7) is 3.74. The van der Waals surface area contributed by atoms with Crippen molar-refractivity contribution in [2.24, 2.45) is 5.84 Å². The summed E-state index contributed by atoms with van der Waals surface area (Å²) >= 11 is 6.03. The number of halogens is 1. The van der Waals surface area contributed by atoms with Crippen LogP contribution in [0.4, 0.5) is 0 Å². The summed E-state index contributed by atoms with van der Waals surface area (Å²) in [6, 6.07) is 3.50. The van der Waals surface area contributed by atoms with Gasteiger partial charge in [0, 0.05) is 17.1 Å². The molecule has 1 aromatic carbocycles. The number of rotatable bonds is 4. The average Bonchev–Trinajstić information content (AvgIpc) is 2.21. The number of aliphatic hydroxyl groups is 1. The van der Waals surface area contributed by atoms with Crippen molar-refractivity contribution >= 4 is 11.6 Å². The first kappa shape index (κ1) is 13.3. The van der Waals surface area contributed by atoms with E-state index >= 15 is 0 Å². The van der Waals surface area contributed by atoms with Crippen molar-refractivity contribution in [3.8, 4) is 5.75 Å². The van der Waals surface area contributed by atoms with Crippen LogP contribution in [0.25, 0.3) is 0 Å². The lowest BCUT2D eigenvalue weighted by atomic mass is 9.94. The Labute approximate surface area is 100 Å². The average molecular weight is 245 g/mol. The third-order valence-corrected chi connectivity index (χ3v) is 2.91. The zero-order valence-electron chi connectivity index (χ0n) is 9.67. The number of methoxy groups -OCH3 is 1. The summed E-state index contributed by atoms with van der Waals surface area (Å²) in [5.74, 6) is 5.83. The summed E-state index contributed by atoms with van der Waals surface area (Å²) in [4.78, 5) is 0. The fourth-order valence-corrected chi connectivity index (χ4v) is 1.70. The number of nitrogens with one attached hydrogen (secondary N) is 1. The topological polar surface area (TPSA) is 67.5 Å². The van der Waals surface area contributed by atoms with E-state index < -0.39 is 5.60 Å². The normalized spacial score (nSPS) is 14.6. The number of hydrogen-bond acceptors (Lipinski definition) is 4. The van der Waals surface area contributed by atoms with Gasteiger partial charge in [0.25, 0.3) is 0 Å². The second kappa shape index (κ2) is 5.01. The van der Waals surface area contributed by atoms with Gasteiger partial charge in [-0.3, -0.25) is 11.3 Å². The van der Waals surface area contributed by atoms with E-state index in [1.165, 1.54) is 0 Å². The molecule has 0 saturated heterocycles. The van der Waals surface area contributed by atoms with Gasteiger partial charge in [0.15, 0.2) is 0 Å². The van der Waals surface area contributed by atoms with Crippen LogP contribution in [0.15, 0.2) is 12.1 Å². The summed E-state index contributed by atoms with van der Waals surface area (Å²) in [5, 5.41) is 10.8. The molecule has 0 saturated carbocycles. The molecule has 1 atom stereocenters. The second-order valence-corrected chi connectivity index (χ2v) is 4.36. The first-order valence-electron chi connectivity index (χ1n) is 4.93. The monoisotopic (exact) mass is 244 g/mol. The maximum Gasteiger partial charge on any atom is 0.125 e. The second-order valence-electron chi connectivity index (χ2n) is 3.96. The van der Waals surface area contributed by atoms with Crippen molar-refractivity contribution in [3.05, 3.63) is 28.3 Å². The Morgan fingerprint density at radius 1 is 1.56 bits per heavy atom. The van der Waals surface area contributed by atoms with Gasteiger partial charge in [-0.2, -0.15) is 0 Å². The maximum absolute atomic E-state index is 10.2. The predicted molar refractivity (Wildman–Crippen MR) is 64.5 cm³/mol. The first-order valence-corrected chi connectivity index (χ1v) is 5.30.